The van der Waals surface area contributed by atoms with Crippen molar-refractivity contribution in [2.24, 2.45) is 0 Å². The van der Waals surface area contributed by atoms with E-state index in [1.807, 2.05) is 18.2 Å². The maximum Gasteiger partial charge on any atom is 0.256 e. The van der Waals surface area contributed by atoms with Crippen LogP contribution in [0.15, 0.2) is 59.4 Å². The zero-order valence-electron chi connectivity index (χ0n) is 15.4. The summed E-state index contributed by atoms with van der Waals surface area (Å²) in [6.45, 7) is 1.24. The number of anilines is 1. The van der Waals surface area contributed by atoms with Gasteiger partial charge in [0.2, 0.25) is 0 Å². The van der Waals surface area contributed by atoms with Crippen molar-refractivity contribution in [1.82, 2.24) is 4.57 Å². The van der Waals surface area contributed by atoms with Crippen LogP contribution in [0.2, 0.25) is 0 Å². The molecule has 1 fully saturated rings. The maximum absolute atomic E-state index is 12.9. The van der Waals surface area contributed by atoms with Crippen molar-refractivity contribution in [3.8, 4) is 5.75 Å². The van der Waals surface area contributed by atoms with Crippen LogP contribution < -0.4 is 15.6 Å². The predicted molar refractivity (Wildman–Crippen MR) is 105 cm³/mol. The number of para-hydroxylation sites is 1. The average Bonchev–Trinajstić information content (AvgIpc) is 3.23. The van der Waals surface area contributed by atoms with E-state index in [0.29, 0.717) is 41.1 Å². The van der Waals surface area contributed by atoms with Crippen LogP contribution in [0.5, 0.6) is 5.75 Å². The second kappa shape index (κ2) is 7.84. The van der Waals surface area contributed by atoms with Crippen molar-refractivity contribution in [2.45, 2.75) is 12.8 Å². The number of nitrogens with zero attached hydrogens (tertiary/aromatic N) is 1. The number of amides is 1. The number of pyridine rings is 1. The van der Waals surface area contributed by atoms with Crippen molar-refractivity contribution in [2.75, 3.05) is 25.6 Å². The Hall–Kier alpha value is -3.16. The third kappa shape index (κ3) is 3.62. The SMILES string of the molecule is COc1ccc2c(C(=O)Nc3ccccc3)cc(=O)n(CC3OCCO3)c2c1. The predicted octanol–water partition coefficient (Wildman–Crippen LogP) is 2.64. The second-order valence-corrected chi connectivity index (χ2v) is 6.38. The molecule has 7 heteroatoms. The Labute approximate surface area is 161 Å². The molecule has 0 spiro atoms. The number of methoxy groups -OCH3 is 1. The van der Waals surface area contributed by atoms with Crippen LogP contribution >= 0.6 is 0 Å². The number of ether oxygens (including phenoxy) is 3. The van der Waals surface area contributed by atoms with Crippen molar-refractivity contribution >= 4 is 22.5 Å². The fourth-order valence-electron chi connectivity index (χ4n) is 3.25. The summed E-state index contributed by atoms with van der Waals surface area (Å²) in [5, 5.41) is 3.48. The van der Waals surface area contributed by atoms with Gasteiger partial charge in [0.25, 0.3) is 11.5 Å². The number of benzene rings is 2. The maximum atomic E-state index is 12.9. The van der Waals surface area contributed by atoms with Crippen LogP contribution in [0.1, 0.15) is 10.4 Å². The van der Waals surface area contributed by atoms with Gasteiger partial charge in [-0.1, -0.05) is 18.2 Å². The number of aromatic nitrogens is 1. The summed E-state index contributed by atoms with van der Waals surface area (Å²) < 4.78 is 17.8. The van der Waals surface area contributed by atoms with E-state index in [9.17, 15) is 9.59 Å². The first-order valence-electron chi connectivity index (χ1n) is 8.97. The Balaban J connectivity index is 1.79. The van der Waals surface area contributed by atoms with Gasteiger partial charge >= 0.3 is 0 Å². The van der Waals surface area contributed by atoms with Gasteiger partial charge in [-0.3, -0.25) is 9.59 Å². The molecular weight excluding hydrogens is 360 g/mol. The Morgan fingerprint density at radius 1 is 1.14 bits per heavy atom. The van der Waals surface area contributed by atoms with Gasteiger partial charge in [0.05, 0.1) is 37.9 Å². The van der Waals surface area contributed by atoms with Crippen molar-refractivity contribution in [3.05, 3.63) is 70.5 Å². The van der Waals surface area contributed by atoms with Crippen LogP contribution in [-0.2, 0) is 16.0 Å². The molecule has 1 amide bonds. The molecule has 2 heterocycles. The van der Waals surface area contributed by atoms with E-state index < -0.39 is 6.29 Å². The lowest BCUT2D eigenvalue weighted by Crippen LogP contribution is -2.29. The monoisotopic (exact) mass is 380 g/mol. The third-order valence-electron chi connectivity index (χ3n) is 4.62. The molecule has 1 aromatic heterocycles. The Morgan fingerprint density at radius 2 is 1.89 bits per heavy atom. The molecule has 0 aliphatic carbocycles. The van der Waals surface area contributed by atoms with Crippen LogP contribution in [0.4, 0.5) is 5.69 Å². The van der Waals surface area contributed by atoms with Crippen LogP contribution in [0, 0.1) is 0 Å². The molecule has 7 nitrogen and oxygen atoms in total. The minimum Gasteiger partial charge on any atom is -0.497 e. The molecule has 1 saturated heterocycles. The highest BCUT2D eigenvalue weighted by Gasteiger charge is 2.21. The fourth-order valence-corrected chi connectivity index (χ4v) is 3.25. The number of rotatable bonds is 5. The van der Waals surface area contributed by atoms with E-state index in [0.717, 1.165) is 0 Å². The van der Waals surface area contributed by atoms with E-state index in [2.05, 4.69) is 5.32 Å². The summed E-state index contributed by atoms with van der Waals surface area (Å²) in [6.07, 6.45) is -0.490. The van der Waals surface area contributed by atoms with E-state index in [4.69, 9.17) is 14.2 Å². The molecule has 0 bridgehead atoms. The van der Waals surface area contributed by atoms with E-state index in [1.165, 1.54) is 6.07 Å². The minimum absolute atomic E-state index is 0.239. The molecule has 0 saturated carbocycles. The molecule has 0 atom stereocenters. The van der Waals surface area contributed by atoms with Gasteiger partial charge in [-0.2, -0.15) is 0 Å². The number of hydrogen-bond donors (Lipinski definition) is 1. The van der Waals surface area contributed by atoms with Crippen LogP contribution in [0.3, 0.4) is 0 Å². The molecule has 1 N–H and O–H groups in total. The van der Waals surface area contributed by atoms with Gasteiger partial charge in [-0.15, -0.1) is 0 Å². The number of nitrogens with one attached hydrogen (secondary N) is 1. The lowest BCUT2D eigenvalue weighted by Gasteiger charge is -2.17. The highest BCUT2D eigenvalue weighted by atomic mass is 16.7. The van der Waals surface area contributed by atoms with Gasteiger partial charge in [0.1, 0.15) is 5.75 Å². The molecule has 3 aromatic rings. The number of fused-ring (bicyclic) bond motifs is 1. The Kier molecular flexibility index (Phi) is 5.10. The van der Waals surface area contributed by atoms with Gasteiger partial charge < -0.3 is 24.1 Å². The molecule has 1 aliphatic heterocycles. The van der Waals surface area contributed by atoms with Crippen molar-refractivity contribution in [3.63, 3.8) is 0 Å². The third-order valence-corrected chi connectivity index (χ3v) is 4.62. The lowest BCUT2D eigenvalue weighted by molar-refractivity contribution is -0.0522. The van der Waals surface area contributed by atoms with Gasteiger partial charge in [0, 0.05) is 23.2 Å². The molecule has 2 aromatic carbocycles. The minimum atomic E-state index is -0.490. The normalized spacial score (nSPS) is 14.3. The molecular formula is C21H20N2O5. The first-order chi connectivity index (χ1) is 13.7. The molecule has 144 valence electrons. The first kappa shape index (κ1) is 18.2. The van der Waals surface area contributed by atoms with Crippen LogP contribution in [0.25, 0.3) is 10.9 Å². The lowest BCUT2D eigenvalue weighted by atomic mass is 10.1. The fraction of sp³-hybridized carbons (Fsp3) is 0.238. The molecule has 0 radical (unpaired) electrons. The van der Waals surface area contributed by atoms with Gasteiger partial charge in [-0.05, 0) is 24.3 Å². The first-order valence-corrected chi connectivity index (χ1v) is 8.97. The number of carbonyl (C=O) groups excluding carboxylic acids is 1. The summed E-state index contributed by atoms with van der Waals surface area (Å²) in [5.41, 5.74) is 1.24. The van der Waals surface area contributed by atoms with E-state index in [-0.39, 0.29) is 18.0 Å². The summed E-state index contributed by atoms with van der Waals surface area (Å²) in [7, 11) is 1.55. The molecule has 1 aliphatic rings. The summed E-state index contributed by atoms with van der Waals surface area (Å²) >= 11 is 0. The Bertz CT molecular complexity index is 1060. The molecule has 0 unspecified atom stereocenters. The highest BCUT2D eigenvalue weighted by Crippen LogP contribution is 2.24. The average molecular weight is 380 g/mol. The summed E-state index contributed by atoms with van der Waals surface area (Å²) in [6, 6.07) is 15.7. The smallest absolute Gasteiger partial charge is 0.256 e. The highest BCUT2D eigenvalue weighted by molar-refractivity contribution is 6.12. The van der Waals surface area contributed by atoms with E-state index in [1.54, 1.807) is 42.0 Å². The van der Waals surface area contributed by atoms with Gasteiger partial charge in [0.15, 0.2) is 6.29 Å². The molecule has 4 rings (SSSR count). The van der Waals surface area contributed by atoms with Crippen molar-refractivity contribution in [1.29, 1.82) is 0 Å². The standard InChI is InChI=1S/C21H20N2O5/c1-26-15-7-8-16-17(21(25)22-14-5-3-2-4-6-14)12-19(24)23(18(16)11-15)13-20-27-9-10-28-20/h2-8,11-12,20H,9-10,13H2,1H3,(H,22,25). The topological polar surface area (TPSA) is 78.8 Å². The number of carbonyl (C=O) groups is 1. The van der Waals surface area contributed by atoms with Crippen LogP contribution in [-0.4, -0.2) is 37.1 Å². The van der Waals surface area contributed by atoms with E-state index >= 15 is 0 Å². The largest absolute Gasteiger partial charge is 0.497 e. The zero-order chi connectivity index (χ0) is 19.5. The zero-order valence-corrected chi connectivity index (χ0v) is 15.4. The van der Waals surface area contributed by atoms with Gasteiger partial charge in [-0.25, -0.2) is 0 Å². The quantitative estimate of drug-likeness (QED) is 0.736. The Morgan fingerprint density at radius 3 is 2.61 bits per heavy atom. The summed E-state index contributed by atoms with van der Waals surface area (Å²) in [5.74, 6) is 0.244. The number of hydrogen-bond acceptors (Lipinski definition) is 5. The second-order valence-electron chi connectivity index (χ2n) is 6.38. The van der Waals surface area contributed by atoms with Crippen molar-refractivity contribution < 1.29 is 19.0 Å². The molecule has 28 heavy (non-hydrogen) atoms. The summed E-state index contributed by atoms with van der Waals surface area (Å²) in [4.78, 5) is 25.7.